The van der Waals surface area contributed by atoms with Crippen molar-refractivity contribution in [2.45, 2.75) is 6.92 Å². The topological polar surface area (TPSA) is 101 Å². The Balaban J connectivity index is 2.06. The van der Waals surface area contributed by atoms with Gasteiger partial charge in [-0.1, -0.05) is 11.2 Å². The number of rotatable bonds is 2. The summed E-state index contributed by atoms with van der Waals surface area (Å²) < 4.78 is 5.16. The van der Waals surface area contributed by atoms with Crippen LogP contribution < -0.4 is 0 Å². The molecule has 0 saturated heterocycles. The van der Waals surface area contributed by atoms with Gasteiger partial charge in [-0.2, -0.15) is 20.4 Å². The van der Waals surface area contributed by atoms with E-state index in [9.17, 15) is 5.11 Å². The number of nitrogens with zero attached hydrogens (tertiary/aromatic N) is 4. The minimum atomic E-state index is 0.189. The Hall–Kier alpha value is -2.70. The van der Waals surface area contributed by atoms with Gasteiger partial charge in [-0.25, -0.2) is 0 Å². The third-order valence-electron chi connectivity index (χ3n) is 2.61. The standard InChI is InChI=1S/C11H9N5O2/c1-6-7(3-2-4-9(6)17)11-13-10(15-18-11)8-5-12-16-14-8/h2-5,17H,1H3,(H,12,14,16). The summed E-state index contributed by atoms with van der Waals surface area (Å²) in [6.45, 7) is 1.78. The van der Waals surface area contributed by atoms with Crippen LogP contribution in [-0.2, 0) is 0 Å². The molecule has 1 aromatic carbocycles. The predicted molar refractivity (Wildman–Crippen MR) is 61.5 cm³/mol. The molecule has 0 aliphatic rings. The van der Waals surface area contributed by atoms with E-state index in [0.717, 1.165) is 0 Å². The van der Waals surface area contributed by atoms with E-state index in [1.165, 1.54) is 6.20 Å². The fourth-order valence-corrected chi connectivity index (χ4v) is 1.60. The summed E-state index contributed by atoms with van der Waals surface area (Å²) in [5, 5.41) is 23.5. The van der Waals surface area contributed by atoms with Crippen LogP contribution in [0.15, 0.2) is 28.9 Å². The van der Waals surface area contributed by atoms with Gasteiger partial charge < -0.3 is 9.63 Å². The molecule has 18 heavy (non-hydrogen) atoms. The molecule has 0 aliphatic heterocycles. The molecule has 0 unspecified atom stereocenters. The summed E-state index contributed by atoms with van der Waals surface area (Å²) in [7, 11) is 0. The number of aromatic hydroxyl groups is 1. The molecule has 0 bridgehead atoms. The molecule has 2 heterocycles. The lowest BCUT2D eigenvalue weighted by Gasteiger charge is -2.01. The first-order valence-corrected chi connectivity index (χ1v) is 5.24. The number of hydrogen-bond donors (Lipinski definition) is 2. The van der Waals surface area contributed by atoms with Gasteiger partial charge in [0.05, 0.1) is 6.20 Å². The van der Waals surface area contributed by atoms with Crippen LogP contribution in [0.5, 0.6) is 5.75 Å². The summed E-state index contributed by atoms with van der Waals surface area (Å²) >= 11 is 0. The molecule has 0 aliphatic carbocycles. The van der Waals surface area contributed by atoms with Crippen molar-refractivity contribution < 1.29 is 9.63 Å². The Morgan fingerprint density at radius 1 is 1.33 bits per heavy atom. The number of benzene rings is 1. The number of H-pyrrole nitrogens is 1. The van der Waals surface area contributed by atoms with Gasteiger partial charge >= 0.3 is 0 Å². The van der Waals surface area contributed by atoms with E-state index in [0.29, 0.717) is 28.5 Å². The second-order valence-electron chi connectivity index (χ2n) is 3.73. The zero-order valence-corrected chi connectivity index (χ0v) is 9.45. The lowest BCUT2D eigenvalue weighted by atomic mass is 10.1. The van der Waals surface area contributed by atoms with Crippen LogP contribution in [0.3, 0.4) is 0 Å². The van der Waals surface area contributed by atoms with Gasteiger partial charge in [0, 0.05) is 11.1 Å². The molecule has 0 atom stereocenters. The normalized spacial score (nSPS) is 10.7. The first-order valence-electron chi connectivity index (χ1n) is 5.24. The van der Waals surface area contributed by atoms with Crippen molar-refractivity contribution >= 4 is 0 Å². The van der Waals surface area contributed by atoms with E-state index in [-0.39, 0.29) is 5.75 Å². The molecule has 7 heteroatoms. The van der Waals surface area contributed by atoms with Crippen molar-refractivity contribution in [3.05, 3.63) is 30.0 Å². The average molecular weight is 243 g/mol. The lowest BCUT2D eigenvalue weighted by molar-refractivity contribution is 0.430. The summed E-state index contributed by atoms with van der Waals surface area (Å²) in [5.41, 5.74) is 1.88. The zero-order chi connectivity index (χ0) is 12.5. The Labute approximate surface area is 101 Å². The first-order chi connectivity index (χ1) is 8.75. The van der Waals surface area contributed by atoms with Crippen molar-refractivity contribution in [1.82, 2.24) is 25.6 Å². The molecular formula is C11H9N5O2. The van der Waals surface area contributed by atoms with Crippen LogP contribution in [0.2, 0.25) is 0 Å². The molecule has 0 spiro atoms. The Morgan fingerprint density at radius 3 is 3.00 bits per heavy atom. The molecule has 7 nitrogen and oxygen atoms in total. The molecule has 3 rings (SSSR count). The molecule has 0 amide bonds. The largest absolute Gasteiger partial charge is 0.508 e. The monoisotopic (exact) mass is 243 g/mol. The maximum atomic E-state index is 9.63. The Kier molecular flexibility index (Phi) is 2.30. The Bertz CT molecular complexity index is 675. The SMILES string of the molecule is Cc1c(O)cccc1-c1nc(-c2cn[nH]n2)no1. The van der Waals surface area contributed by atoms with Gasteiger partial charge in [-0.15, -0.1) is 0 Å². The Morgan fingerprint density at radius 2 is 2.22 bits per heavy atom. The smallest absolute Gasteiger partial charge is 0.258 e. The van der Waals surface area contributed by atoms with Crippen molar-refractivity contribution in [3.8, 4) is 28.7 Å². The fourth-order valence-electron chi connectivity index (χ4n) is 1.60. The van der Waals surface area contributed by atoms with Crippen LogP contribution in [0.25, 0.3) is 23.0 Å². The minimum Gasteiger partial charge on any atom is -0.508 e. The number of aromatic amines is 1. The highest BCUT2D eigenvalue weighted by Gasteiger charge is 2.15. The molecule has 0 fully saturated rings. The van der Waals surface area contributed by atoms with Gasteiger partial charge in [0.25, 0.3) is 5.89 Å². The third kappa shape index (κ3) is 1.61. The van der Waals surface area contributed by atoms with Crippen molar-refractivity contribution in [3.63, 3.8) is 0 Å². The van der Waals surface area contributed by atoms with Gasteiger partial charge in [0.1, 0.15) is 5.75 Å². The van der Waals surface area contributed by atoms with Gasteiger partial charge in [0.15, 0.2) is 5.69 Å². The highest BCUT2D eigenvalue weighted by atomic mass is 16.5. The van der Waals surface area contributed by atoms with Crippen molar-refractivity contribution in [1.29, 1.82) is 0 Å². The quantitative estimate of drug-likeness (QED) is 0.707. The van der Waals surface area contributed by atoms with E-state index < -0.39 is 0 Å². The van der Waals surface area contributed by atoms with Crippen LogP contribution in [0.4, 0.5) is 0 Å². The molecule has 3 aromatic rings. The number of nitrogens with one attached hydrogen (secondary N) is 1. The number of aromatic nitrogens is 5. The number of hydrogen-bond acceptors (Lipinski definition) is 6. The molecule has 0 radical (unpaired) electrons. The van der Waals surface area contributed by atoms with Gasteiger partial charge in [-0.3, -0.25) is 0 Å². The fraction of sp³-hybridized carbons (Fsp3) is 0.0909. The van der Waals surface area contributed by atoms with Crippen LogP contribution in [-0.4, -0.2) is 30.7 Å². The summed E-state index contributed by atoms with van der Waals surface area (Å²) in [5.74, 6) is 0.872. The van der Waals surface area contributed by atoms with Gasteiger partial charge in [-0.05, 0) is 19.1 Å². The number of phenolic OH excluding ortho intramolecular Hbond substituents is 1. The highest BCUT2D eigenvalue weighted by Crippen LogP contribution is 2.28. The van der Waals surface area contributed by atoms with E-state index in [1.807, 2.05) is 0 Å². The molecule has 2 aromatic heterocycles. The maximum absolute atomic E-state index is 9.63. The summed E-state index contributed by atoms with van der Waals surface area (Å²) in [6, 6.07) is 5.13. The second kappa shape index (κ2) is 3.95. The zero-order valence-electron chi connectivity index (χ0n) is 9.45. The predicted octanol–water partition coefficient (Wildman–Crippen LogP) is 1.54. The number of phenols is 1. The minimum absolute atomic E-state index is 0.189. The highest BCUT2D eigenvalue weighted by molar-refractivity contribution is 5.63. The van der Waals surface area contributed by atoms with Crippen molar-refractivity contribution in [2.24, 2.45) is 0 Å². The molecule has 0 saturated carbocycles. The molecule has 2 N–H and O–H groups in total. The average Bonchev–Trinajstić information content (AvgIpc) is 3.01. The van der Waals surface area contributed by atoms with Crippen LogP contribution in [0, 0.1) is 6.92 Å². The van der Waals surface area contributed by atoms with Crippen LogP contribution >= 0.6 is 0 Å². The van der Waals surface area contributed by atoms with E-state index in [4.69, 9.17) is 4.52 Å². The van der Waals surface area contributed by atoms with Crippen LogP contribution in [0.1, 0.15) is 5.56 Å². The second-order valence-corrected chi connectivity index (χ2v) is 3.73. The molecule has 90 valence electrons. The van der Waals surface area contributed by atoms with Crippen molar-refractivity contribution in [2.75, 3.05) is 0 Å². The molecular weight excluding hydrogens is 234 g/mol. The summed E-state index contributed by atoms with van der Waals surface area (Å²) in [6.07, 6.45) is 1.50. The maximum Gasteiger partial charge on any atom is 0.258 e. The van der Waals surface area contributed by atoms with Gasteiger partial charge in [0.2, 0.25) is 5.82 Å². The van der Waals surface area contributed by atoms with E-state index in [1.54, 1.807) is 25.1 Å². The van der Waals surface area contributed by atoms with E-state index >= 15 is 0 Å². The summed E-state index contributed by atoms with van der Waals surface area (Å²) in [4.78, 5) is 4.21. The van der Waals surface area contributed by atoms with E-state index in [2.05, 4.69) is 25.6 Å². The first kappa shape index (κ1) is 10.5. The third-order valence-corrected chi connectivity index (χ3v) is 2.61. The lowest BCUT2D eigenvalue weighted by Crippen LogP contribution is -1.85.